The van der Waals surface area contributed by atoms with E-state index in [1.807, 2.05) is 0 Å². The Balaban J connectivity index is 1.51. The van der Waals surface area contributed by atoms with Crippen LogP contribution in [0.1, 0.15) is 51.9 Å². The van der Waals surface area contributed by atoms with Gasteiger partial charge in [-0.3, -0.25) is 4.79 Å². The predicted molar refractivity (Wildman–Crippen MR) is 80.6 cm³/mol. The molecule has 2 N–H and O–H groups in total. The summed E-state index contributed by atoms with van der Waals surface area (Å²) in [6, 6.07) is 1.47. The molecule has 114 valence electrons. The van der Waals surface area contributed by atoms with Crippen molar-refractivity contribution in [3.63, 3.8) is 0 Å². The first-order chi connectivity index (χ1) is 9.71. The smallest absolute Gasteiger partial charge is 0.220 e. The highest BCUT2D eigenvalue weighted by Crippen LogP contribution is 2.38. The van der Waals surface area contributed by atoms with Gasteiger partial charge in [-0.1, -0.05) is 6.92 Å². The molecule has 2 unspecified atom stereocenters. The highest BCUT2D eigenvalue weighted by atomic mass is 16.1. The molecule has 1 spiro atoms. The van der Waals surface area contributed by atoms with Crippen molar-refractivity contribution in [2.45, 2.75) is 64.0 Å². The van der Waals surface area contributed by atoms with Crippen LogP contribution in [0.5, 0.6) is 0 Å². The van der Waals surface area contributed by atoms with Crippen LogP contribution in [0, 0.1) is 5.41 Å². The van der Waals surface area contributed by atoms with Crippen LogP contribution in [0.25, 0.3) is 0 Å². The van der Waals surface area contributed by atoms with E-state index < -0.39 is 0 Å². The summed E-state index contributed by atoms with van der Waals surface area (Å²) < 4.78 is 0. The summed E-state index contributed by atoms with van der Waals surface area (Å²) >= 11 is 0. The minimum absolute atomic E-state index is 0.264. The van der Waals surface area contributed by atoms with Gasteiger partial charge in [0.15, 0.2) is 0 Å². The molecule has 3 heterocycles. The van der Waals surface area contributed by atoms with Gasteiger partial charge in [-0.05, 0) is 63.6 Å². The summed E-state index contributed by atoms with van der Waals surface area (Å²) in [5.41, 5.74) is 0.289. The van der Waals surface area contributed by atoms with E-state index in [1.54, 1.807) is 0 Å². The van der Waals surface area contributed by atoms with Gasteiger partial charge < -0.3 is 15.5 Å². The Labute approximate surface area is 122 Å². The van der Waals surface area contributed by atoms with Crippen molar-refractivity contribution in [1.82, 2.24) is 15.5 Å². The van der Waals surface area contributed by atoms with E-state index in [0.29, 0.717) is 0 Å². The molecule has 4 heteroatoms. The number of amides is 1. The Bertz CT molecular complexity index is 344. The summed E-state index contributed by atoms with van der Waals surface area (Å²) in [6.45, 7) is 6.81. The van der Waals surface area contributed by atoms with E-state index in [1.165, 1.54) is 58.2 Å². The average molecular weight is 279 g/mol. The lowest BCUT2D eigenvalue weighted by Gasteiger charge is -2.42. The minimum atomic E-state index is 0.264. The van der Waals surface area contributed by atoms with Crippen LogP contribution in [0.4, 0.5) is 0 Å². The van der Waals surface area contributed by atoms with Gasteiger partial charge in [0.25, 0.3) is 0 Å². The number of carbonyl (C=O) groups is 1. The van der Waals surface area contributed by atoms with Crippen LogP contribution < -0.4 is 10.6 Å². The van der Waals surface area contributed by atoms with Crippen LogP contribution >= 0.6 is 0 Å². The van der Waals surface area contributed by atoms with Crippen molar-refractivity contribution in [3.8, 4) is 0 Å². The van der Waals surface area contributed by atoms with Crippen LogP contribution in [0.2, 0.25) is 0 Å². The molecule has 1 amide bonds. The third-order valence-electron chi connectivity index (χ3n) is 5.76. The van der Waals surface area contributed by atoms with Gasteiger partial charge in [-0.25, -0.2) is 0 Å². The Hall–Kier alpha value is -0.610. The molecule has 3 aliphatic heterocycles. The fourth-order valence-electron chi connectivity index (χ4n) is 4.33. The Morgan fingerprint density at radius 1 is 1.40 bits per heavy atom. The standard InChI is InChI=1S/C16H29N3O/c1-2-14(10-13-4-3-7-17-13)19-8-5-16(6-9-19)11-15(20)18-12-16/h13-14,17H,2-12H2,1H3,(H,18,20). The second-order valence-corrected chi connectivity index (χ2v) is 7.08. The van der Waals surface area contributed by atoms with Crippen molar-refractivity contribution in [2.24, 2.45) is 5.41 Å². The molecule has 0 aromatic carbocycles. The van der Waals surface area contributed by atoms with E-state index >= 15 is 0 Å². The van der Waals surface area contributed by atoms with Crippen molar-refractivity contribution in [1.29, 1.82) is 0 Å². The molecular weight excluding hydrogens is 250 g/mol. The van der Waals surface area contributed by atoms with Crippen molar-refractivity contribution in [2.75, 3.05) is 26.2 Å². The first-order valence-corrected chi connectivity index (χ1v) is 8.45. The van der Waals surface area contributed by atoms with E-state index in [-0.39, 0.29) is 11.3 Å². The summed E-state index contributed by atoms with van der Waals surface area (Å²) in [5, 5.41) is 6.66. The third kappa shape index (κ3) is 3.01. The third-order valence-corrected chi connectivity index (χ3v) is 5.76. The summed E-state index contributed by atoms with van der Waals surface area (Å²) in [4.78, 5) is 14.2. The van der Waals surface area contributed by atoms with Crippen LogP contribution in [0.3, 0.4) is 0 Å². The zero-order chi connectivity index (χ0) is 14.0. The van der Waals surface area contributed by atoms with E-state index in [9.17, 15) is 4.79 Å². The van der Waals surface area contributed by atoms with Gasteiger partial charge in [0.1, 0.15) is 0 Å². The molecule has 0 radical (unpaired) electrons. The highest BCUT2D eigenvalue weighted by Gasteiger charge is 2.41. The molecule has 4 nitrogen and oxygen atoms in total. The molecule has 3 fully saturated rings. The lowest BCUT2D eigenvalue weighted by atomic mass is 9.77. The normalized spacial score (nSPS) is 31.6. The lowest BCUT2D eigenvalue weighted by molar-refractivity contribution is -0.119. The Morgan fingerprint density at radius 2 is 2.20 bits per heavy atom. The minimum Gasteiger partial charge on any atom is -0.356 e. The predicted octanol–water partition coefficient (Wildman–Crippen LogP) is 1.51. The molecular formula is C16H29N3O. The number of piperidine rings is 1. The van der Waals surface area contributed by atoms with E-state index in [0.717, 1.165) is 25.0 Å². The lowest BCUT2D eigenvalue weighted by Crippen LogP contribution is -2.47. The maximum absolute atomic E-state index is 11.5. The van der Waals surface area contributed by atoms with Crippen molar-refractivity contribution < 1.29 is 4.79 Å². The maximum Gasteiger partial charge on any atom is 0.220 e. The van der Waals surface area contributed by atoms with Crippen LogP contribution in [-0.4, -0.2) is 49.1 Å². The summed E-state index contributed by atoms with van der Waals surface area (Å²) in [5.74, 6) is 0.264. The monoisotopic (exact) mass is 279 g/mol. The SMILES string of the molecule is CCC(CC1CCCN1)N1CCC2(CC1)CNC(=O)C2. The topological polar surface area (TPSA) is 44.4 Å². The molecule has 20 heavy (non-hydrogen) atoms. The Kier molecular flexibility index (Phi) is 4.32. The van der Waals surface area contributed by atoms with Gasteiger partial charge in [-0.15, -0.1) is 0 Å². The number of rotatable bonds is 4. The van der Waals surface area contributed by atoms with Gasteiger partial charge in [0, 0.05) is 25.0 Å². The van der Waals surface area contributed by atoms with Crippen molar-refractivity contribution >= 4 is 5.91 Å². The van der Waals surface area contributed by atoms with Gasteiger partial charge in [-0.2, -0.15) is 0 Å². The maximum atomic E-state index is 11.5. The second-order valence-electron chi connectivity index (χ2n) is 7.08. The van der Waals surface area contributed by atoms with Gasteiger partial charge >= 0.3 is 0 Å². The molecule has 2 atom stereocenters. The summed E-state index contributed by atoms with van der Waals surface area (Å²) in [6.07, 6.45) is 8.41. The Morgan fingerprint density at radius 3 is 2.75 bits per heavy atom. The van der Waals surface area contributed by atoms with Crippen LogP contribution in [0.15, 0.2) is 0 Å². The number of hydrogen-bond acceptors (Lipinski definition) is 3. The van der Waals surface area contributed by atoms with Gasteiger partial charge in [0.2, 0.25) is 5.91 Å². The number of carbonyl (C=O) groups excluding carboxylic acids is 1. The largest absolute Gasteiger partial charge is 0.356 e. The highest BCUT2D eigenvalue weighted by molar-refractivity contribution is 5.79. The number of nitrogens with zero attached hydrogens (tertiary/aromatic N) is 1. The summed E-state index contributed by atoms with van der Waals surface area (Å²) in [7, 11) is 0. The first kappa shape index (κ1) is 14.3. The van der Waals surface area contributed by atoms with E-state index in [4.69, 9.17) is 0 Å². The van der Waals surface area contributed by atoms with Crippen LogP contribution in [-0.2, 0) is 4.79 Å². The molecule has 0 aliphatic carbocycles. The van der Waals surface area contributed by atoms with Crippen molar-refractivity contribution in [3.05, 3.63) is 0 Å². The molecule has 3 aliphatic rings. The second kappa shape index (κ2) is 6.02. The fourth-order valence-corrected chi connectivity index (χ4v) is 4.33. The fraction of sp³-hybridized carbons (Fsp3) is 0.938. The molecule has 0 aromatic rings. The first-order valence-electron chi connectivity index (χ1n) is 8.45. The average Bonchev–Trinajstić information content (AvgIpc) is 3.08. The molecule has 0 saturated carbocycles. The van der Waals surface area contributed by atoms with Gasteiger partial charge in [0.05, 0.1) is 0 Å². The number of hydrogen-bond donors (Lipinski definition) is 2. The number of likely N-dealkylation sites (tertiary alicyclic amines) is 1. The zero-order valence-corrected chi connectivity index (χ0v) is 12.8. The van der Waals surface area contributed by atoms with E-state index in [2.05, 4.69) is 22.5 Å². The number of nitrogens with one attached hydrogen (secondary N) is 2. The molecule has 0 aromatic heterocycles. The quantitative estimate of drug-likeness (QED) is 0.820. The molecule has 3 saturated heterocycles. The molecule has 3 rings (SSSR count). The molecule has 0 bridgehead atoms. The zero-order valence-electron chi connectivity index (χ0n) is 12.8.